The first-order chi connectivity index (χ1) is 10.1. The molecule has 5 heteroatoms. The summed E-state index contributed by atoms with van der Waals surface area (Å²) in [5.41, 5.74) is 1.16. The second-order valence-electron chi connectivity index (χ2n) is 6.28. The van der Waals surface area contributed by atoms with E-state index in [9.17, 15) is 9.59 Å². The van der Waals surface area contributed by atoms with Gasteiger partial charge in [-0.25, -0.2) is 4.79 Å². The number of nitrogens with one attached hydrogen (secondary N) is 2. The average Bonchev–Trinajstić information content (AvgIpc) is 3.12. The van der Waals surface area contributed by atoms with Crippen molar-refractivity contribution in [2.75, 3.05) is 11.9 Å². The van der Waals surface area contributed by atoms with Gasteiger partial charge in [0.1, 0.15) is 0 Å². The topological polar surface area (TPSA) is 65.2 Å². The normalized spacial score (nSPS) is 22.7. The first kappa shape index (κ1) is 14.2. The van der Waals surface area contributed by atoms with Crippen LogP contribution in [0.3, 0.4) is 0 Å². The third kappa shape index (κ3) is 2.96. The number of amides is 2. The Labute approximate surface area is 124 Å². The van der Waals surface area contributed by atoms with Crippen molar-refractivity contribution >= 4 is 11.7 Å². The minimum atomic E-state index is -0.113. The fourth-order valence-corrected chi connectivity index (χ4v) is 3.74. The summed E-state index contributed by atoms with van der Waals surface area (Å²) in [5.74, 6) is 0.676. The molecule has 0 spiro atoms. The van der Waals surface area contributed by atoms with Crippen LogP contribution >= 0.6 is 0 Å². The third-order valence-corrected chi connectivity index (χ3v) is 4.84. The molecule has 5 nitrogen and oxygen atoms in total. The SMILES string of the molecule is Cc1cc(NC(=O)N2CCCC2C2CCCC2)c[nH]c1=O. The zero-order valence-electron chi connectivity index (χ0n) is 12.5. The van der Waals surface area contributed by atoms with Gasteiger partial charge in [0.2, 0.25) is 0 Å². The fourth-order valence-electron chi connectivity index (χ4n) is 3.74. The molecule has 2 fully saturated rings. The van der Waals surface area contributed by atoms with Gasteiger partial charge in [-0.05, 0) is 44.6 Å². The van der Waals surface area contributed by atoms with Gasteiger partial charge in [0.15, 0.2) is 0 Å². The maximum atomic E-state index is 12.5. The molecule has 0 radical (unpaired) electrons. The number of anilines is 1. The molecule has 2 aliphatic rings. The maximum absolute atomic E-state index is 12.5. The standard InChI is InChI=1S/C16H23N3O2/c1-11-9-13(10-17-15(11)20)18-16(21)19-8-4-7-14(19)12-5-2-3-6-12/h9-10,12,14H,2-8H2,1H3,(H,17,20)(H,18,21). The smallest absolute Gasteiger partial charge is 0.322 e. The summed E-state index contributed by atoms with van der Waals surface area (Å²) in [6.07, 6.45) is 8.90. The van der Waals surface area contributed by atoms with Crippen molar-refractivity contribution in [2.24, 2.45) is 5.92 Å². The molecule has 2 heterocycles. The minimum Gasteiger partial charge on any atom is -0.327 e. The molecular formula is C16H23N3O2. The molecule has 114 valence electrons. The molecular weight excluding hydrogens is 266 g/mol. The highest BCUT2D eigenvalue weighted by Crippen LogP contribution is 2.35. The van der Waals surface area contributed by atoms with Crippen molar-refractivity contribution in [1.82, 2.24) is 9.88 Å². The number of aromatic amines is 1. The van der Waals surface area contributed by atoms with E-state index in [1.54, 1.807) is 19.2 Å². The summed E-state index contributed by atoms with van der Waals surface area (Å²) in [5, 5.41) is 2.92. The van der Waals surface area contributed by atoms with E-state index in [1.807, 2.05) is 4.90 Å². The molecule has 1 saturated heterocycles. The van der Waals surface area contributed by atoms with Gasteiger partial charge >= 0.3 is 6.03 Å². The molecule has 1 unspecified atom stereocenters. The summed E-state index contributed by atoms with van der Waals surface area (Å²) >= 11 is 0. The third-order valence-electron chi connectivity index (χ3n) is 4.84. The summed E-state index contributed by atoms with van der Waals surface area (Å²) < 4.78 is 0. The molecule has 1 aromatic rings. The number of carbonyl (C=O) groups is 1. The van der Waals surface area contributed by atoms with Crippen LogP contribution in [0.25, 0.3) is 0 Å². The summed E-state index contributed by atoms with van der Waals surface area (Å²) in [7, 11) is 0. The van der Waals surface area contributed by atoms with Gasteiger partial charge < -0.3 is 15.2 Å². The second kappa shape index (κ2) is 5.92. The van der Waals surface area contributed by atoms with Gasteiger partial charge in [0.25, 0.3) is 5.56 Å². The molecule has 1 aliphatic heterocycles. The van der Waals surface area contributed by atoms with Crippen LogP contribution in [0.2, 0.25) is 0 Å². The van der Waals surface area contributed by atoms with Crippen molar-refractivity contribution in [2.45, 2.75) is 51.5 Å². The van der Waals surface area contributed by atoms with Crippen LogP contribution in [0.4, 0.5) is 10.5 Å². The Balaban J connectivity index is 1.68. The van der Waals surface area contributed by atoms with Gasteiger partial charge in [-0.1, -0.05) is 12.8 Å². The molecule has 0 bridgehead atoms. The van der Waals surface area contributed by atoms with Crippen LogP contribution in [0.5, 0.6) is 0 Å². The Morgan fingerprint density at radius 1 is 1.29 bits per heavy atom. The van der Waals surface area contributed by atoms with E-state index in [0.29, 0.717) is 23.2 Å². The summed E-state index contributed by atoms with van der Waals surface area (Å²) in [6.45, 7) is 2.58. The molecule has 2 amide bonds. The van der Waals surface area contributed by atoms with E-state index >= 15 is 0 Å². The number of likely N-dealkylation sites (tertiary alicyclic amines) is 1. The lowest BCUT2D eigenvalue weighted by atomic mass is 9.96. The van der Waals surface area contributed by atoms with Crippen molar-refractivity contribution in [3.63, 3.8) is 0 Å². The van der Waals surface area contributed by atoms with E-state index in [2.05, 4.69) is 10.3 Å². The molecule has 2 N–H and O–H groups in total. The Hall–Kier alpha value is -1.78. The largest absolute Gasteiger partial charge is 0.327 e. The summed E-state index contributed by atoms with van der Waals surface area (Å²) in [6, 6.07) is 2.09. The quantitative estimate of drug-likeness (QED) is 0.879. The van der Waals surface area contributed by atoms with Crippen LogP contribution in [-0.2, 0) is 0 Å². The lowest BCUT2D eigenvalue weighted by molar-refractivity contribution is 0.185. The number of pyridine rings is 1. The monoisotopic (exact) mass is 289 g/mol. The number of hydrogen-bond donors (Lipinski definition) is 2. The van der Waals surface area contributed by atoms with Crippen LogP contribution in [0.1, 0.15) is 44.1 Å². The zero-order chi connectivity index (χ0) is 14.8. The van der Waals surface area contributed by atoms with Crippen molar-refractivity contribution in [1.29, 1.82) is 0 Å². The van der Waals surface area contributed by atoms with Gasteiger partial charge in [0.05, 0.1) is 5.69 Å². The van der Waals surface area contributed by atoms with Gasteiger partial charge in [-0.3, -0.25) is 4.79 Å². The highest BCUT2D eigenvalue weighted by molar-refractivity contribution is 5.89. The Kier molecular flexibility index (Phi) is 3.99. The number of nitrogens with zero attached hydrogens (tertiary/aromatic N) is 1. The number of carbonyl (C=O) groups excluding carboxylic acids is 1. The van der Waals surface area contributed by atoms with Crippen molar-refractivity contribution in [3.05, 3.63) is 28.2 Å². The minimum absolute atomic E-state index is 0.0316. The molecule has 1 atom stereocenters. The van der Waals surface area contributed by atoms with Crippen LogP contribution < -0.4 is 10.9 Å². The van der Waals surface area contributed by atoms with E-state index in [1.165, 1.54) is 25.7 Å². The molecule has 1 aromatic heterocycles. The number of hydrogen-bond acceptors (Lipinski definition) is 2. The van der Waals surface area contributed by atoms with Crippen LogP contribution in [-0.4, -0.2) is 28.5 Å². The lowest BCUT2D eigenvalue weighted by Gasteiger charge is -2.29. The van der Waals surface area contributed by atoms with Gasteiger partial charge in [0, 0.05) is 24.3 Å². The fraction of sp³-hybridized carbons (Fsp3) is 0.625. The summed E-state index contributed by atoms with van der Waals surface area (Å²) in [4.78, 5) is 28.5. The highest BCUT2D eigenvalue weighted by atomic mass is 16.2. The maximum Gasteiger partial charge on any atom is 0.322 e. The van der Waals surface area contributed by atoms with Gasteiger partial charge in [-0.15, -0.1) is 0 Å². The first-order valence-corrected chi connectivity index (χ1v) is 7.92. The van der Waals surface area contributed by atoms with Gasteiger partial charge in [-0.2, -0.15) is 0 Å². The number of urea groups is 1. The number of rotatable bonds is 2. The van der Waals surface area contributed by atoms with Crippen LogP contribution in [0.15, 0.2) is 17.1 Å². The second-order valence-corrected chi connectivity index (χ2v) is 6.28. The average molecular weight is 289 g/mol. The lowest BCUT2D eigenvalue weighted by Crippen LogP contribution is -2.42. The molecule has 21 heavy (non-hydrogen) atoms. The predicted octanol–water partition coefficient (Wildman–Crippen LogP) is 2.87. The first-order valence-electron chi connectivity index (χ1n) is 7.92. The molecule has 3 rings (SSSR count). The molecule has 1 saturated carbocycles. The molecule has 0 aromatic carbocycles. The van der Waals surface area contributed by atoms with Crippen molar-refractivity contribution in [3.8, 4) is 0 Å². The molecule has 1 aliphatic carbocycles. The Bertz CT molecular complexity index is 575. The van der Waals surface area contributed by atoms with Crippen LogP contribution in [0, 0.1) is 12.8 Å². The van der Waals surface area contributed by atoms with Crippen molar-refractivity contribution < 1.29 is 4.79 Å². The van der Waals surface area contributed by atoms with E-state index in [0.717, 1.165) is 19.4 Å². The highest BCUT2D eigenvalue weighted by Gasteiger charge is 2.35. The van der Waals surface area contributed by atoms with E-state index in [-0.39, 0.29) is 11.6 Å². The Morgan fingerprint density at radius 2 is 2.05 bits per heavy atom. The number of H-pyrrole nitrogens is 1. The van der Waals surface area contributed by atoms with E-state index < -0.39 is 0 Å². The number of aromatic nitrogens is 1. The predicted molar refractivity (Wildman–Crippen MR) is 82.5 cm³/mol. The van der Waals surface area contributed by atoms with E-state index in [4.69, 9.17) is 0 Å². The zero-order valence-corrected chi connectivity index (χ0v) is 12.5. The number of aryl methyl sites for hydroxylation is 1. The Morgan fingerprint density at radius 3 is 2.76 bits per heavy atom.